The molecular weight excluding hydrogens is 282 g/mol. The Labute approximate surface area is 125 Å². The van der Waals surface area contributed by atoms with Gasteiger partial charge >= 0.3 is 0 Å². The fourth-order valence-corrected chi connectivity index (χ4v) is 2.47. The monoisotopic (exact) mass is 303 g/mol. The van der Waals surface area contributed by atoms with Gasteiger partial charge in [-0.3, -0.25) is 4.90 Å². The summed E-state index contributed by atoms with van der Waals surface area (Å²) in [5, 5.41) is 18.5. The predicted octanol–water partition coefficient (Wildman–Crippen LogP) is 1.70. The first kappa shape index (κ1) is 17.0. The van der Waals surface area contributed by atoms with E-state index < -0.39 is 6.29 Å². The van der Waals surface area contributed by atoms with E-state index in [1.54, 1.807) is 26.4 Å². The van der Waals surface area contributed by atoms with Crippen LogP contribution in [0.3, 0.4) is 0 Å². The molecule has 114 valence electrons. The second kappa shape index (κ2) is 7.69. The summed E-state index contributed by atoms with van der Waals surface area (Å²) >= 11 is 0. The van der Waals surface area contributed by atoms with Gasteiger partial charge in [-0.2, -0.15) is 0 Å². The maximum absolute atomic E-state index is 9.27. The molecule has 0 amide bonds. The quantitative estimate of drug-likeness (QED) is 0.811. The van der Waals surface area contributed by atoms with Crippen LogP contribution in [-0.2, 0) is 6.54 Å². The van der Waals surface area contributed by atoms with Crippen molar-refractivity contribution in [1.82, 2.24) is 4.90 Å². The molecule has 2 N–H and O–H groups in total. The van der Waals surface area contributed by atoms with E-state index in [4.69, 9.17) is 9.47 Å². The lowest BCUT2D eigenvalue weighted by Crippen LogP contribution is -2.19. The molecule has 0 bridgehead atoms. The predicted molar refractivity (Wildman–Crippen MR) is 78.5 cm³/mol. The number of hydrogen-bond donors (Lipinski definition) is 2. The fourth-order valence-electron chi connectivity index (χ4n) is 2.47. The lowest BCUT2D eigenvalue weighted by molar-refractivity contribution is -0.0427. The summed E-state index contributed by atoms with van der Waals surface area (Å²) in [4.78, 5) is 2.34. The lowest BCUT2D eigenvalue weighted by Gasteiger charge is -2.20. The van der Waals surface area contributed by atoms with Crippen molar-refractivity contribution in [1.29, 1.82) is 0 Å². The molecule has 6 heteroatoms. The van der Waals surface area contributed by atoms with Gasteiger partial charge in [0.2, 0.25) is 0 Å². The second-order valence-corrected chi connectivity index (χ2v) is 4.76. The van der Waals surface area contributed by atoms with Crippen LogP contribution < -0.4 is 9.47 Å². The minimum atomic E-state index is -1.52. The summed E-state index contributed by atoms with van der Waals surface area (Å²) in [6, 6.07) is 3.30. The Balaban J connectivity index is 0.00000200. The molecule has 0 saturated carbocycles. The van der Waals surface area contributed by atoms with Gasteiger partial charge in [0.1, 0.15) is 11.5 Å². The zero-order chi connectivity index (χ0) is 13.8. The summed E-state index contributed by atoms with van der Waals surface area (Å²) in [5.74, 6) is 1.27. The number of aliphatic hydroxyl groups is 2. The average molecular weight is 304 g/mol. The van der Waals surface area contributed by atoms with Crippen molar-refractivity contribution in [3.8, 4) is 11.5 Å². The molecule has 2 rings (SSSR count). The Hall–Kier alpha value is -1.01. The molecule has 1 saturated heterocycles. The van der Waals surface area contributed by atoms with E-state index in [9.17, 15) is 10.2 Å². The van der Waals surface area contributed by atoms with Crippen LogP contribution in [0.4, 0.5) is 0 Å². The smallest absolute Gasteiger partial charge is 0.178 e. The number of benzene rings is 1. The molecule has 20 heavy (non-hydrogen) atoms. The maximum Gasteiger partial charge on any atom is 0.178 e. The molecular formula is C14H22ClNO4. The van der Waals surface area contributed by atoms with Crippen LogP contribution in [0.25, 0.3) is 0 Å². The van der Waals surface area contributed by atoms with E-state index in [0.717, 1.165) is 25.2 Å². The third-order valence-corrected chi connectivity index (χ3v) is 3.51. The van der Waals surface area contributed by atoms with Crippen LogP contribution in [0.15, 0.2) is 12.1 Å². The maximum atomic E-state index is 9.27. The number of aliphatic hydroxyl groups excluding tert-OH is 1. The van der Waals surface area contributed by atoms with Crippen molar-refractivity contribution >= 4 is 12.4 Å². The van der Waals surface area contributed by atoms with E-state index in [2.05, 4.69) is 4.90 Å². The molecule has 1 aromatic carbocycles. The van der Waals surface area contributed by atoms with Gasteiger partial charge in [0, 0.05) is 12.1 Å². The Morgan fingerprint density at radius 3 is 2.00 bits per heavy atom. The summed E-state index contributed by atoms with van der Waals surface area (Å²) < 4.78 is 10.7. The van der Waals surface area contributed by atoms with Crippen LogP contribution >= 0.6 is 12.4 Å². The lowest BCUT2D eigenvalue weighted by atomic mass is 10.1. The minimum Gasteiger partial charge on any atom is -0.496 e. The number of likely N-dealkylation sites (tertiary alicyclic amines) is 1. The average Bonchev–Trinajstić information content (AvgIpc) is 2.91. The highest BCUT2D eigenvalue weighted by Gasteiger charge is 2.19. The Morgan fingerprint density at radius 2 is 1.60 bits per heavy atom. The SMILES string of the molecule is COc1cc(C(O)O)cc(OC)c1CN1CCCC1.Cl. The van der Waals surface area contributed by atoms with Crippen LogP contribution in [0, 0.1) is 0 Å². The normalized spacial score (nSPS) is 15.2. The van der Waals surface area contributed by atoms with Crippen molar-refractivity contribution < 1.29 is 19.7 Å². The molecule has 0 atom stereocenters. The molecule has 1 heterocycles. The fraction of sp³-hybridized carbons (Fsp3) is 0.571. The van der Waals surface area contributed by atoms with Gasteiger partial charge in [-0.25, -0.2) is 0 Å². The van der Waals surface area contributed by atoms with Crippen molar-refractivity contribution in [2.45, 2.75) is 25.7 Å². The highest BCUT2D eigenvalue weighted by molar-refractivity contribution is 5.85. The summed E-state index contributed by atoms with van der Waals surface area (Å²) in [5.41, 5.74) is 1.33. The largest absolute Gasteiger partial charge is 0.496 e. The molecule has 1 aliphatic rings. The first-order chi connectivity index (χ1) is 9.15. The number of halogens is 1. The Kier molecular flexibility index (Phi) is 6.55. The summed E-state index contributed by atoms with van der Waals surface area (Å²) in [6.45, 7) is 2.92. The van der Waals surface area contributed by atoms with Crippen LogP contribution in [-0.4, -0.2) is 42.4 Å². The van der Waals surface area contributed by atoms with Crippen LogP contribution in [0.5, 0.6) is 11.5 Å². The summed E-state index contributed by atoms with van der Waals surface area (Å²) in [7, 11) is 3.16. The zero-order valence-corrected chi connectivity index (χ0v) is 12.7. The molecule has 0 unspecified atom stereocenters. The van der Waals surface area contributed by atoms with E-state index >= 15 is 0 Å². The van der Waals surface area contributed by atoms with Gasteiger partial charge in [0.15, 0.2) is 6.29 Å². The topological polar surface area (TPSA) is 62.2 Å². The number of rotatable bonds is 5. The van der Waals surface area contributed by atoms with Gasteiger partial charge in [-0.05, 0) is 38.1 Å². The highest BCUT2D eigenvalue weighted by Crippen LogP contribution is 2.34. The minimum absolute atomic E-state index is 0. The standard InChI is InChI=1S/C14H21NO4.ClH/c1-18-12-7-10(14(16)17)8-13(19-2)11(12)9-15-5-3-4-6-15;/h7-8,14,16-17H,3-6,9H2,1-2H3;1H. The van der Waals surface area contributed by atoms with E-state index in [0.29, 0.717) is 17.1 Å². The molecule has 1 fully saturated rings. The van der Waals surface area contributed by atoms with Crippen LogP contribution in [0.2, 0.25) is 0 Å². The molecule has 5 nitrogen and oxygen atoms in total. The third-order valence-electron chi connectivity index (χ3n) is 3.51. The number of ether oxygens (including phenoxy) is 2. The summed E-state index contributed by atoms with van der Waals surface area (Å²) in [6.07, 6.45) is 0.916. The van der Waals surface area contributed by atoms with E-state index in [1.807, 2.05) is 0 Å². The van der Waals surface area contributed by atoms with E-state index in [1.165, 1.54) is 12.8 Å². The van der Waals surface area contributed by atoms with Gasteiger partial charge in [-0.1, -0.05) is 0 Å². The van der Waals surface area contributed by atoms with Gasteiger partial charge in [0.05, 0.1) is 19.8 Å². The number of methoxy groups -OCH3 is 2. The highest BCUT2D eigenvalue weighted by atomic mass is 35.5. The van der Waals surface area contributed by atoms with Crippen molar-refractivity contribution in [2.75, 3.05) is 27.3 Å². The van der Waals surface area contributed by atoms with E-state index in [-0.39, 0.29) is 12.4 Å². The van der Waals surface area contributed by atoms with Crippen molar-refractivity contribution in [3.63, 3.8) is 0 Å². The molecule has 0 aliphatic carbocycles. The van der Waals surface area contributed by atoms with Gasteiger partial charge in [0.25, 0.3) is 0 Å². The molecule has 0 aromatic heterocycles. The molecule has 1 aliphatic heterocycles. The molecule has 0 spiro atoms. The third kappa shape index (κ3) is 3.76. The van der Waals surface area contributed by atoms with Crippen molar-refractivity contribution in [3.05, 3.63) is 23.3 Å². The first-order valence-corrected chi connectivity index (χ1v) is 6.49. The van der Waals surface area contributed by atoms with Crippen LogP contribution in [0.1, 0.15) is 30.3 Å². The number of hydrogen-bond acceptors (Lipinski definition) is 5. The number of nitrogens with zero attached hydrogens (tertiary/aromatic N) is 1. The Bertz CT molecular complexity index is 408. The molecule has 0 radical (unpaired) electrons. The second-order valence-electron chi connectivity index (χ2n) is 4.76. The van der Waals surface area contributed by atoms with Crippen molar-refractivity contribution in [2.24, 2.45) is 0 Å². The zero-order valence-electron chi connectivity index (χ0n) is 11.8. The molecule has 1 aromatic rings. The van der Waals surface area contributed by atoms with Gasteiger partial charge in [-0.15, -0.1) is 12.4 Å². The Morgan fingerprint density at radius 1 is 1.10 bits per heavy atom. The first-order valence-electron chi connectivity index (χ1n) is 6.49. The van der Waals surface area contributed by atoms with Gasteiger partial charge < -0.3 is 19.7 Å².